The molecule has 0 N–H and O–H groups in total. The van der Waals surface area contributed by atoms with E-state index in [9.17, 15) is 0 Å². The molecule has 2 aromatic rings. The highest BCUT2D eigenvalue weighted by atomic mass is 16.5. The molecule has 0 unspecified atom stereocenters. The molecule has 0 aliphatic heterocycles. The van der Waals surface area contributed by atoms with Crippen LogP contribution < -0.4 is 4.74 Å². The molecule has 17 heavy (non-hydrogen) atoms. The Labute approximate surface area is 96.7 Å². The van der Waals surface area contributed by atoms with E-state index in [1.54, 1.807) is 25.1 Å². The van der Waals surface area contributed by atoms with Crippen molar-refractivity contribution in [3.05, 3.63) is 34.5 Å². The second-order valence-corrected chi connectivity index (χ2v) is 3.20. The molecule has 1 aromatic carbocycles. The normalized spacial score (nSPS) is 9.76. The number of hydrogen-bond donors (Lipinski definition) is 0. The molecule has 0 fully saturated rings. The van der Waals surface area contributed by atoms with Crippen LogP contribution in [0.5, 0.6) is 5.75 Å². The lowest BCUT2D eigenvalue weighted by Gasteiger charge is -2.04. The zero-order valence-electron chi connectivity index (χ0n) is 9.28. The molecule has 0 atom stereocenters. The number of aromatic nitrogens is 2. The molecule has 1 aromatic heterocycles. The highest BCUT2D eigenvalue weighted by Gasteiger charge is 2.09. The lowest BCUT2D eigenvalue weighted by molar-refractivity contribution is 0.416. The van der Waals surface area contributed by atoms with Crippen LogP contribution in [0.25, 0.3) is 21.9 Å². The van der Waals surface area contributed by atoms with Crippen LogP contribution in [0.3, 0.4) is 0 Å². The molecule has 86 valence electrons. The molecule has 1 heterocycles. The van der Waals surface area contributed by atoms with Gasteiger partial charge in [-0.2, -0.15) is 0 Å². The number of methoxy groups -OCH3 is 1. The zero-order valence-corrected chi connectivity index (χ0v) is 9.28. The van der Waals surface area contributed by atoms with Gasteiger partial charge in [-0.05, 0) is 23.7 Å². The maximum Gasteiger partial charge on any atom is 0.247 e. The molecule has 0 saturated heterocycles. The number of azide groups is 1. The van der Waals surface area contributed by atoms with Crippen molar-refractivity contribution < 1.29 is 9.15 Å². The predicted octanol–water partition coefficient (Wildman–Crippen LogP) is 3.00. The van der Waals surface area contributed by atoms with E-state index in [2.05, 4.69) is 20.2 Å². The summed E-state index contributed by atoms with van der Waals surface area (Å²) in [5.74, 6) is 1.34. The van der Waals surface area contributed by atoms with E-state index in [4.69, 9.17) is 14.7 Å². The van der Waals surface area contributed by atoms with Crippen molar-refractivity contribution >= 4 is 5.69 Å². The van der Waals surface area contributed by atoms with Crippen molar-refractivity contribution in [1.29, 1.82) is 0 Å². The Hall–Kier alpha value is -2.53. The van der Waals surface area contributed by atoms with E-state index >= 15 is 0 Å². The van der Waals surface area contributed by atoms with Crippen LogP contribution in [0.15, 0.2) is 27.7 Å². The fraction of sp³-hybridized carbons (Fsp3) is 0.200. The van der Waals surface area contributed by atoms with Crippen LogP contribution in [-0.4, -0.2) is 17.3 Å². The summed E-state index contributed by atoms with van der Waals surface area (Å²) in [6, 6.07) is 5.06. The van der Waals surface area contributed by atoms with Gasteiger partial charge in [-0.25, -0.2) is 0 Å². The van der Waals surface area contributed by atoms with E-state index in [0.29, 0.717) is 28.8 Å². The monoisotopic (exact) mass is 231 g/mol. The molecule has 7 nitrogen and oxygen atoms in total. The quantitative estimate of drug-likeness (QED) is 0.460. The van der Waals surface area contributed by atoms with Crippen LogP contribution in [0, 0.1) is 6.92 Å². The third kappa shape index (κ3) is 2.19. The average Bonchev–Trinajstić information content (AvgIpc) is 2.76. The van der Waals surface area contributed by atoms with Gasteiger partial charge in [0.1, 0.15) is 5.75 Å². The fourth-order valence-corrected chi connectivity index (χ4v) is 1.36. The Kier molecular flexibility index (Phi) is 2.93. The highest BCUT2D eigenvalue weighted by Crippen LogP contribution is 2.32. The third-order valence-corrected chi connectivity index (χ3v) is 2.10. The molecule has 0 aliphatic carbocycles. The molecule has 0 saturated carbocycles. The summed E-state index contributed by atoms with van der Waals surface area (Å²) >= 11 is 0. The first-order valence-corrected chi connectivity index (χ1v) is 4.78. The van der Waals surface area contributed by atoms with Gasteiger partial charge in [0.15, 0.2) is 0 Å². The van der Waals surface area contributed by atoms with Gasteiger partial charge in [0, 0.05) is 17.4 Å². The Morgan fingerprint density at radius 1 is 1.41 bits per heavy atom. The summed E-state index contributed by atoms with van der Waals surface area (Å²) in [4.78, 5) is 2.73. The molecule has 0 amide bonds. The van der Waals surface area contributed by atoms with Gasteiger partial charge in [0.2, 0.25) is 11.8 Å². The van der Waals surface area contributed by atoms with Crippen LogP contribution in [0.4, 0.5) is 5.69 Å². The lowest BCUT2D eigenvalue weighted by atomic mass is 10.2. The first-order valence-electron chi connectivity index (χ1n) is 4.78. The van der Waals surface area contributed by atoms with Gasteiger partial charge in [0.05, 0.1) is 12.8 Å². The summed E-state index contributed by atoms with van der Waals surface area (Å²) in [5.41, 5.74) is 9.51. The standard InChI is InChI=1S/C10H9N5O2/c1-6-12-14-10(17-6)7-3-4-9(16-2)8(5-7)13-15-11/h3-5H,1-2H3. The second kappa shape index (κ2) is 4.54. The Bertz CT molecular complexity index is 586. The molecule has 0 aliphatic rings. The van der Waals surface area contributed by atoms with Gasteiger partial charge in [-0.15, -0.1) is 10.2 Å². The number of nitrogens with zero attached hydrogens (tertiary/aromatic N) is 5. The summed E-state index contributed by atoms with van der Waals surface area (Å²) in [6.07, 6.45) is 0. The molecule has 2 rings (SSSR count). The minimum atomic E-state index is 0.375. The summed E-state index contributed by atoms with van der Waals surface area (Å²) in [5, 5.41) is 11.1. The largest absolute Gasteiger partial charge is 0.496 e. The Morgan fingerprint density at radius 3 is 2.82 bits per heavy atom. The highest BCUT2D eigenvalue weighted by molar-refractivity contribution is 5.64. The van der Waals surface area contributed by atoms with Crippen molar-refractivity contribution in [2.75, 3.05) is 7.11 Å². The van der Waals surface area contributed by atoms with Crippen LogP contribution in [0.2, 0.25) is 0 Å². The van der Waals surface area contributed by atoms with Crippen molar-refractivity contribution in [2.24, 2.45) is 5.11 Å². The third-order valence-electron chi connectivity index (χ3n) is 2.10. The van der Waals surface area contributed by atoms with Crippen molar-refractivity contribution in [1.82, 2.24) is 10.2 Å². The zero-order chi connectivity index (χ0) is 12.3. The lowest BCUT2D eigenvalue weighted by Crippen LogP contribution is -1.84. The van der Waals surface area contributed by atoms with Crippen LogP contribution in [-0.2, 0) is 0 Å². The minimum absolute atomic E-state index is 0.375. The molecular formula is C10H9N5O2. The Morgan fingerprint density at radius 2 is 2.24 bits per heavy atom. The number of benzene rings is 1. The maximum absolute atomic E-state index is 8.46. The predicted molar refractivity (Wildman–Crippen MR) is 59.8 cm³/mol. The molecular weight excluding hydrogens is 222 g/mol. The van der Waals surface area contributed by atoms with Crippen molar-refractivity contribution in [2.45, 2.75) is 6.92 Å². The summed E-state index contributed by atoms with van der Waals surface area (Å²) < 4.78 is 10.3. The van der Waals surface area contributed by atoms with E-state index < -0.39 is 0 Å². The molecule has 0 spiro atoms. The molecule has 0 radical (unpaired) electrons. The maximum atomic E-state index is 8.46. The Balaban J connectivity index is 2.50. The van der Waals surface area contributed by atoms with Crippen LogP contribution in [0.1, 0.15) is 5.89 Å². The van der Waals surface area contributed by atoms with Gasteiger partial charge >= 0.3 is 0 Å². The number of hydrogen-bond acceptors (Lipinski definition) is 5. The average molecular weight is 231 g/mol. The van der Waals surface area contributed by atoms with Gasteiger partial charge in [-0.3, -0.25) is 0 Å². The number of rotatable bonds is 3. The molecule has 7 heteroatoms. The van der Waals surface area contributed by atoms with Crippen molar-refractivity contribution in [3.8, 4) is 17.2 Å². The molecule has 0 bridgehead atoms. The first-order chi connectivity index (χ1) is 8.24. The fourth-order valence-electron chi connectivity index (χ4n) is 1.36. The van der Waals surface area contributed by atoms with Gasteiger partial charge < -0.3 is 9.15 Å². The number of ether oxygens (including phenoxy) is 1. The van der Waals surface area contributed by atoms with E-state index in [1.165, 1.54) is 7.11 Å². The van der Waals surface area contributed by atoms with E-state index in [1.807, 2.05) is 0 Å². The van der Waals surface area contributed by atoms with Crippen LogP contribution >= 0.6 is 0 Å². The van der Waals surface area contributed by atoms with Gasteiger partial charge in [-0.1, -0.05) is 5.11 Å². The van der Waals surface area contributed by atoms with Gasteiger partial charge in [0.25, 0.3) is 0 Å². The smallest absolute Gasteiger partial charge is 0.247 e. The number of aryl methyl sites for hydroxylation is 1. The summed E-state index contributed by atoms with van der Waals surface area (Å²) in [6.45, 7) is 1.70. The topological polar surface area (TPSA) is 96.9 Å². The van der Waals surface area contributed by atoms with E-state index in [-0.39, 0.29) is 0 Å². The minimum Gasteiger partial charge on any atom is -0.496 e. The first kappa shape index (κ1) is 11.0. The second-order valence-electron chi connectivity index (χ2n) is 3.20. The van der Waals surface area contributed by atoms with E-state index in [0.717, 1.165) is 0 Å². The SMILES string of the molecule is COc1ccc(-c2nnc(C)o2)cc1N=[N+]=[N-]. The summed E-state index contributed by atoms with van der Waals surface area (Å²) in [7, 11) is 1.50. The van der Waals surface area contributed by atoms with Crippen molar-refractivity contribution in [3.63, 3.8) is 0 Å².